The Balaban J connectivity index is 1.66. The Kier molecular flexibility index (Phi) is 5.79. The quantitative estimate of drug-likeness (QED) is 0.760. The van der Waals surface area contributed by atoms with Crippen LogP contribution in [0.3, 0.4) is 0 Å². The molecule has 1 atom stereocenters. The highest BCUT2D eigenvalue weighted by molar-refractivity contribution is 5.79. The molecule has 0 saturated heterocycles. The second kappa shape index (κ2) is 8.25. The van der Waals surface area contributed by atoms with Gasteiger partial charge in [0.05, 0.1) is 0 Å². The lowest BCUT2D eigenvalue weighted by Gasteiger charge is -2.22. The Morgan fingerprint density at radius 2 is 1.59 bits per heavy atom. The number of carboxylic acid groups (broad SMARTS) is 1. The van der Waals surface area contributed by atoms with E-state index in [1.54, 1.807) is 0 Å². The van der Waals surface area contributed by atoms with Gasteiger partial charge in [0.1, 0.15) is 6.61 Å². The predicted octanol–water partition coefficient (Wildman–Crippen LogP) is 4.41. The second-order valence-corrected chi connectivity index (χ2v) is 7.25. The van der Waals surface area contributed by atoms with Crippen molar-refractivity contribution in [2.45, 2.75) is 38.6 Å². The lowest BCUT2D eigenvalue weighted by atomic mass is 9.98. The van der Waals surface area contributed by atoms with E-state index in [4.69, 9.17) is 9.84 Å². The molecule has 0 heterocycles. The molecule has 1 amide bonds. The molecule has 0 saturated carbocycles. The first-order chi connectivity index (χ1) is 13.0. The summed E-state index contributed by atoms with van der Waals surface area (Å²) in [7, 11) is 0. The maximum absolute atomic E-state index is 12.3. The molecule has 3 rings (SSSR count). The summed E-state index contributed by atoms with van der Waals surface area (Å²) in [5.74, 6) is -0.723. The molecular formula is C22H25NO4. The van der Waals surface area contributed by atoms with E-state index < -0.39 is 12.1 Å². The molecule has 2 N–H and O–H groups in total. The molecule has 142 valence electrons. The van der Waals surface area contributed by atoms with Crippen LogP contribution in [-0.2, 0) is 9.53 Å². The van der Waals surface area contributed by atoms with Gasteiger partial charge >= 0.3 is 12.1 Å². The number of fused-ring (bicyclic) bond motifs is 3. The van der Waals surface area contributed by atoms with Crippen molar-refractivity contribution >= 4 is 12.1 Å². The molecule has 1 unspecified atom stereocenters. The van der Waals surface area contributed by atoms with Gasteiger partial charge in [0.2, 0.25) is 0 Å². The number of carbonyl (C=O) groups is 2. The molecule has 0 aliphatic heterocycles. The first-order valence-electron chi connectivity index (χ1n) is 9.30. The fourth-order valence-electron chi connectivity index (χ4n) is 3.64. The number of carbonyl (C=O) groups excluding carboxylic acids is 1. The lowest BCUT2D eigenvalue weighted by molar-refractivity contribution is -0.137. The SMILES string of the molecule is CC(C)C(CCC(=O)O)NC(=O)OCC1c2ccccc2-c2ccccc21. The van der Waals surface area contributed by atoms with Gasteiger partial charge in [0.15, 0.2) is 0 Å². The number of benzene rings is 2. The third kappa shape index (κ3) is 4.30. The molecule has 2 aromatic rings. The molecule has 0 spiro atoms. The Morgan fingerprint density at radius 3 is 2.11 bits per heavy atom. The highest BCUT2D eigenvalue weighted by atomic mass is 16.5. The summed E-state index contributed by atoms with van der Waals surface area (Å²) in [5, 5.41) is 11.7. The van der Waals surface area contributed by atoms with Gasteiger partial charge in [-0.05, 0) is 34.6 Å². The normalized spacial score (nSPS) is 13.7. The first kappa shape index (κ1) is 19.0. The molecule has 1 aliphatic carbocycles. The van der Waals surface area contributed by atoms with Crippen LogP contribution in [0.4, 0.5) is 4.79 Å². The third-order valence-corrected chi connectivity index (χ3v) is 5.12. The molecular weight excluding hydrogens is 342 g/mol. The summed E-state index contributed by atoms with van der Waals surface area (Å²) in [5.41, 5.74) is 4.70. The summed E-state index contributed by atoms with van der Waals surface area (Å²) < 4.78 is 5.53. The van der Waals surface area contributed by atoms with Crippen molar-refractivity contribution in [3.8, 4) is 11.1 Å². The minimum absolute atomic E-state index is 0.0136. The highest BCUT2D eigenvalue weighted by Crippen LogP contribution is 2.44. The van der Waals surface area contributed by atoms with Crippen LogP contribution in [0.15, 0.2) is 48.5 Å². The van der Waals surface area contributed by atoms with E-state index >= 15 is 0 Å². The highest BCUT2D eigenvalue weighted by Gasteiger charge is 2.29. The van der Waals surface area contributed by atoms with Crippen molar-refractivity contribution in [3.63, 3.8) is 0 Å². The lowest BCUT2D eigenvalue weighted by Crippen LogP contribution is -2.39. The largest absolute Gasteiger partial charge is 0.481 e. The number of carboxylic acids is 1. The van der Waals surface area contributed by atoms with Crippen molar-refractivity contribution in [3.05, 3.63) is 59.7 Å². The van der Waals surface area contributed by atoms with Gasteiger partial charge in [0, 0.05) is 18.4 Å². The zero-order valence-electron chi connectivity index (χ0n) is 15.6. The molecule has 1 aliphatic rings. The van der Waals surface area contributed by atoms with Gasteiger partial charge in [-0.25, -0.2) is 4.79 Å². The van der Waals surface area contributed by atoms with Gasteiger partial charge in [-0.15, -0.1) is 0 Å². The van der Waals surface area contributed by atoms with Gasteiger partial charge in [0.25, 0.3) is 0 Å². The molecule has 5 heteroatoms. The Hall–Kier alpha value is -2.82. The first-order valence-corrected chi connectivity index (χ1v) is 9.30. The zero-order valence-corrected chi connectivity index (χ0v) is 15.6. The predicted molar refractivity (Wildman–Crippen MR) is 104 cm³/mol. The molecule has 0 bridgehead atoms. The molecule has 27 heavy (non-hydrogen) atoms. The minimum Gasteiger partial charge on any atom is -0.481 e. The number of aliphatic carboxylic acids is 1. The maximum Gasteiger partial charge on any atom is 0.407 e. The number of hydrogen-bond acceptors (Lipinski definition) is 3. The summed E-state index contributed by atoms with van der Waals surface area (Å²) in [6, 6.07) is 16.1. The van der Waals surface area contributed by atoms with Gasteiger partial charge in [-0.2, -0.15) is 0 Å². The van der Waals surface area contributed by atoms with Crippen LogP contribution in [-0.4, -0.2) is 29.8 Å². The number of nitrogens with one attached hydrogen (secondary N) is 1. The van der Waals surface area contributed by atoms with E-state index in [1.165, 1.54) is 11.1 Å². The third-order valence-electron chi connectivity index (χ3n) is 5.12. The Labute approximate surface area is 159 Å². The molecule has 0 fully saturated rings. The smallest absolute Gasteiger partial charge is 0.407 e. The fraction of sp³-hybridized carbons (Fsp3) is 0.364. The van der Waals surface area contributed by atoms with E-state index in [0.717, 1.165) is 11.1 Å². The standard InChI is InChI=1S/C22H25NO4/c1-14(2)20(11-12-21(24)25)23-22(26)27-13-19-17-9-5-3-7-15(17)16-8-4-6-10-18(16)19/h3-10,14,19-20H,11-13H2,1-2H3,(H,23,26)(H,24,25). The van der Waals surface area contributed by atoms with Crippen LogP contribution >= 0.6 is 0 Å². The van der Waals surface area contributed by atoms with Crippen molar-refractivity contribution in [2.75, 3.05) is 6.61 Å². The second-order valence-electron chi connectivity index (χ2n) is 7.25. The average molecular weight is 367 g/mol. The minimum atomic E-state index is -0.866. The van der Waals surface area contributed by atoms with Crippen LogP contribution in [0.5, 0.6) is 0 Å². The van der Waals surface area contributed by atoms with Crippen molar-refractivity contribution in [1.29, 1.82) is 0 Å². The molecule has 0 aromatic heterocycles. The van der Waals surface area contributed by atoms with Gasteiger partial charge < -0.3 is 15.2 Å². The van der Waals surface area contributed by atoms with E-state index in [9.17, 15) is 9.59 Å². The van der Waals surface area contributed by atoms with Crippen LogP contribution in [0.1, 0.15) is 43.7 Å². The van der Waals surface area contributed by atoms with Crippen LogP contribution in [0.2, 0.25) is 0 Å². The maximum atomic E-state index is 12.3. The van der Waals surface area contributed by atoms with Gasteiger partial charge in [-0.3, -0.25) is 4.79 Å². The van der Waals surface area contributed by atoms with E-state index in [-0.39, 0.29) is 30.9 Å². The van der Waals surface area contributed by atoms with Crippen molar-refractivity contribution in [1.82, 2.24) is 5.32 Å². The number of hydrogen-bond donors (Lipinski definition) is 2. The molecule has 0 radical (unpaired) electrons. The average Bonchev–Trinajstić information content (AvgIpc) is 2.97. The van der Waals surface area contributed by atoms with Crippen LogP contribution in [0, 0.1) is 5.92 Å². The molecule has 2 aromatic carbocycles. The number of alkyl carbamates (subject to hydrolysis) is 1. The van der Waals surface area contributed by atoms with E-state index in [2.05, 4.69) is 29.6 Å². The monoisotopic (exact) mass is 367 g/mol. The van der Waals surface area contributed by atoms with E-state index in [0.29, 0.717) is 6.42 Å². The number of ether oxygens (including phenoxy) is 1. The van der Waals surface area contributed by atoms with E-state index in [1.807, 2.05) is 38.1 Å². The Bertz CT molecular complexity index is 785. The number of rotatable bonds is 7. The zero-order chi connectivity index (χ0) is 19.4. The van der Waals surface area contributed by atoms with Crippen molar-refractivity contribution in [2.24, 2.45) is 5.92 Å². The van der Waals surface area contributed by atoms with Crippen molar-refractivity contribution < 1.29 is 19.4 Å². The summed E-state index contributed by atoms with van der Waals surface area (Å²) in [6.45, 7) is 4.16. The molecule has 5 nitrogen and oxygen atoms in total. The number of amides is 1. The van der Waals surface area contributed by atoms with Crippen LogP contribution in [0.25, 0.3) is 11.1 Å². The summed E-state index contributed by atoms with van der Waals surface area (Å²) >= 11 is 0. The van der Waals surface area contributed by atoms with Gasteiger partial charge in [-0.1, -0.05) is 62.4 Å². The van der Waals surface area contributed by atoms with Crippen LogP contribution < -0.4 is 5.32 Å². The topological polar surface area (TPSA) is 75.6 Å². The fourth-order valence-corrected chi connectivity index (χ4v) is 3.64. The summed E-state index contributed by atoms with van der Waals surface area (Å²) in [4.78, 5) is 23.1. The summed E-state index contributed by atoms with van der Waals surface area (Å²) in [6.07, 6.45) is -0.0927. The Morgan fingerprint density at radius 1 is 1.04 bits per heavy atom.